The van der Waals surface area contributed by atoms with Gasteiger partial charge in [-0.15, -0.1) is 0 Å². The predicted octanol–water partition coefficient (Wildman–Crippen LogP) is -3.14. The minimum atomic E-state index is -1.22. The van der Waals surface area contributed by atoms with Gasteiger partial charge in [-0.3, -0.25) is 33.6 Å². The lowest BCUT2D eigenvalue weighted by atomic mass is 9.96. The van der Waals surface area contributed by atoms with Gasteiger partial charge in [-0.1, -0.05) is 34.1 Å². The van der Waals surface area contributed by atoms with Gasteiger partial charge in [0.2, 0.25) is 41.4 Å². The predicted molar refractivity (Wildman–Crippen MR) is 142 cm³/mol. The van der Waals surface area contributed by atoms with Crippen LogP contribution in [0.2, 0.25) is 0 Å². The molecule has 11 N–H and O–H groups in total. The molecule has 0 aromatic carbocycles. The fourth-order valence-electron chi connectivity index (χ4n) is 3.33. The van der Waals surface area contributed by atoms with E-state index in [1.54, 1.807) is 6.92 Å². The second-order valence-corrected chi connectivity index (χ2v) is 9.98. The van der Waals surface area contributed by atoms with E-state index < -0.39 is 84.5 Å². The SMILES string of the molecule is CC[C@H](C)[C@H](NC(=O)[C@H](C)NC(=O)CNC(=O)[C@H](C)NC(=O)[C@@H](N)CC(N)=O)C(=O)N[C@@H](CC(C)C)C(N)=O. The molecule has 0 heterocycles. The average molecular weight is 557 g/mol. The molecule has 0 fully saturated rings. The van der Waals surface area contributed by atoms with E-state index >= 15 is 0 Å². The molecule has 0 aromatic heterocycles. The number of nitrogens with one attached hydrogen (secondary N) is 5. The highest BCUT2D eigenvalue weighted by Crippen LogP contribution is 2.11. The van der Waals surface area contributed by atoms with E-state index in [2.05, 4.69) is 26.6 Å². The van der Waals surface area contributed by atoms with Gasteiger partial charge in [0.1, 0.15) is 24.2 Å². The fraction of sp³-hybridized carbons (Fsp3) is 0.708. The number of primary amides is 2. The maximum Gasteiger partial charge on any atom is 0.243 e. The zero-order valence-corrected chi connectivity index (χ0v) is 23.5. The molecule has 0 aliphatic heterocycles. The van der Waals surface area contributed by atoms with E-state index in [0.717, 1.165) is 0 Å². The van der Waals surface area contributed by atoms with Crippen LogP contribution in [-0.2, 0) is 33.6 Å². The number of nitrogens with two attached hydrogens (primary N) is 3. The van der Waals surface area contributed by atoms with Crippen LogP contribution in [0, 0.1) is 11.8 Å². The summed E-state index contributed by atoms with van der Waals surface area (Å²) in [6.45, 7) is 9.58. The number of amides is 7. The van der Waals surface area contributed by atoms with Crippen molar-refractivity contribution in [3.63, 3.8) is 0 Å². The monoisotopic (exact) mass is 556 g/mol. The van der Waals surface area contributed by atoms with Crippen molar-refractivity contribution in [2.45, 2.75) is 91.0 Å². The summed E-state index contributed by atoms with van der Waals surface area (Å²) in [5.74, 6) is -5.06. The van der Waals surface area contributed by atoms with Gasteiger partial charge >= 0.3 is 0 Å². The van der Waals surface area contributed by atoms with Gasteiger partial charge in [-0.25, -0.2) is 0 Å². The normalized spacial score (nSPS) is 15.5. The molecule has 0 saturated carbocycles. The van der Waals surface area contributed by atoms with Crippen LogP contribution in [0.15, 0.2) is 0 Å². The van der Waals surface area contributed by atoms with E-state index in [1.807, 2.05) is 20.8 Å². The molecule has 7 amide bonds. The summed E-state index contributed by atoms with van der Waals surface area (Å²) in [7, 11) is 0. The summed E-state index contributed by atoms with van der Waals surface area (Å²) < 4.78 is 0. The van der Waals surface area contributed by atoms with Crippen LogP contribution in [0.5, 0.6) is 0 Å². The number of carbonyl (C=O) groups excluding carboxylic acids is 7. The number of rotatable bonds is 17. The van der Waals surface area contributed by atoms with E-state index in [1.165, 1.54) is 13.8 Å². The fourth-order valence-corrected chi connectivity index (χ4v) is 3.33. The molecule has 0 aromatic rings. The Balaban J connectivity index is 4.97. The summed E-state index contributed by atoms with van der Waals surface area (Å²) in [4.78, 5) is 84.6. The molecule has 0 aliphatic rings. The van der Waals surface area contributed by atoms with E-state index in [4.69, 9.17) is 17.2 Å². The molecule has 6 atom stereocenters. The molecule has 0 aliphatic carbocycles. The van der Waals surface area contributed by atoms with Gasteiger partial charge in [0.15, 0.2) is 0 Å². The molecular formula is C24H44N8O7. The first kappa shape index (κ1) is 35.2. The van der Waals surface area contributed by atoms with Crippen molar-refractivity contribution >= 4 is 41.4 Å². The first-order chi connectivity index (χ1) is 18.0. The molecule has 15 heteroatoms. The Morgan fingerprint density at radius 3 is 1.77 bits per heavy atom. The van der Waals surface area contributed by atoms with Crippen molar-refractivity contribution in [2.24, 2.45) is 29.0 Å². The standard InChI is InChI=1S/C24H44N8O7/c1-7-12(4)19(24(39)31-16(20(27)35)8-11(2)3)32-22(37)14(6)29-18(34)10-28-21(36)13(5)30-23(38)15(25)9-17(26)33/h11-16,19H,7-10,25H2,1-6H3,(H2,26,33)(H2,27,35)(H,28,36)(H,29,34)(H,30,38)(H,31,39)(H,32,37)/t12-,13-,14-,15-,16-,19-/m0/s1. The van der Waals surface area contributed by atoms with Crippen LogP contribution in [-0.4, -0.2) is 78.1 Å². The third kappa shape index (κ3) is 13.6. The van der Waals surface area contributed by atoms with E-state index in [0.29, 0.717) is 12.8 Å². The Labute approximate surface area is 228 Å². The van der Waals surface area contributed by atoms with Crippen LogP contribution in [0.3, 0.4) is 0 Å². The van der Waals surface area contributed by atoms with Gasteiger partial charge in [0, 0.05) is 0 Å². The molecule has 222 valence electrons. The Hall–Kier alpha value is -3.75. The topological polar surface area (TPSA) is 258 Å². The second-order valence-electron chi connectivity index (χ2n) is 9.98. The van der Waals surface area contributed by atoms with Crippen molar-refractivity contribution in [3.8, 4) is 0 Å². The van der Waals surface area contributed by atoms with Gasteiger partial charge in [-0.2, -0.15) is 0 Å². The molecular weight excluding hydrogens is 512 g/mol. The van der Waals surface area contributed by atoms with Crippen LogP contribution in [0.25, 0.3) is 0 Å². The molecule has 0 saturated heterocycles. The largest absolute Gasteiger partial charge is 0.370 e. The average Bonchev–Trinajstić information content (AvgIpc) is 2.83. The van der Waals surface area contributed by atoms with Crippen molar-refractivity contribution in [2.75, 3.05) is 6.54 Å². The molecule has 0 spiro atoms. The molecule has 0 radical (unpaired) electrons. The lowest BCUT2D eigenvalue weighted by molar-refractivity contribution is -0.134. The number of hydrogen-bond donors (Lipinski definition) is 8. The Kier molecular flexibility index (Phi) is 15.3. The van der Waals surface area contributed by atoms with Crippen molar-refractivity contribution in [1.29, 1.82) is 0 Å². The maximum atomic E-state index is 12.9. The Morgan fingerprint density at radius 1 is 0.718 bits per heavy atom. The first-order valence-corrected chi connectivity index (χ1v) is 12.8. The van der Waals surface area contributed by atoms with Crippen molar-refractivity contribution < 1.29 is 33.6 Å². The smallest absolute Gasteiger partial charge is 0.243 e. The number of hydrogen-bond acceptors (Lipinski definition) is 8. The summed E-state index contributed by atoms with van der Waals surface area (Å²) in [5, 5.41) is 12.2. The minimum absolute atomic E-state index is 0.0915. The molecule has 0 rings (SSSR count). The van der Waals surface area contributed by atoms with Crippen LogP contribution in [0.4, 0.5) is 0 Å². The van der Waals surface area contributed by atoms with Crippen LogP contribution in [0.1, 0.15) is 60.8 Å². The quantitative estimate of drug-likeness (QED) is 0.0905. The molecule has 39 heavy (non-hydrogen) atoms. The summed E-state index contributed by atoms with van der Waals surface area (Å²) in [6.07, 6.45) is 0.480. The Morgan fingerprint density at radius 2 is 1.28 bits per heavy atom. The van der Waals surface area contributed by atoms with E-state index in [-0.39, 0.29) is 11.8 Å². The molecule has 0 bridgehead atoms. The van der Waals surface area contributed by atoms with Crippen molar-refractivity contribution in [3.05, 3.63) is 0 Å². The zero-order chi connectivity index (χ0) is 30.4. The first-order valence-electron chi connectivity index (χ1n) is 12.8. The Bertz CT molecular complexity index is 911. The summed E-state index contributed by atoms with van der Waals surface area (Å²) in [6, 6.07) is -5.24. The van der Waals surface area contributed by atoms with Gasteiger partial charge < -0.3 is 43.8 Å². The zero-order valence-electron chi connectivity index (χ0n) is 23.5. The highest BCUT2D eigenvalue weighted by atomic mass is 16.2. The highest BCUT2D eigenvalue weighted by Gasteiger charge is 2.31. The molecule has 15 nitrogen and oxygen atoms in total. The third-order valence-electron chi connectivity index (χ3n) is 5.86. The van der Waals surface area contributed by atoms with Crippen molar-refractivity contribution in [1.82, 2.24) is 26.6 Å². The summed E-state index contributed by atoms with van der Waals surface area (Å²) >= 11 is 0. The third-order valence-corrected chi connectivity index (χ3v) is 5.86. The van der Waals surface area contributed by atoms with Gasteiger partial charge in [0.05, 0.1) is 19.0 Å². The summed E-state index contributed by atoms with van der Waals surface area (Å²) in [5.41, 5.74) is 15.9. The minimum Gasteiger partial charge on any atom is -0.370 e. The van der Waals surface area contributed by atoms with Gasteiger partial charge in [-0.05, 0) is 32.1 Å². The highest BCUT2D eigenvalue weighted by molar-refractivity contribution is 5.95. The molecule has 0 unspecified atom stereocenters. The number of carbonyl (C=O) groups is 7. The van der Waals surface area contributed by atoms with Gasteiger partial charge in [0.25, 0.3) is 0 Å². The lowest BCUT2D eigenvalue weighted by Crippen LogP contribution is -2.58. The maximum absolute atomic E-state index is 12.9. The second kappa shape index (κ2) is 17.0. The van der Waals surface area contributed by atoms with E-state index in [9.17, 15) is 33.6 Å². The van der Waals surface area contributed by atoms with Crippen LogP contribution < -0.4 is 43.8 Å². The van der Waals surface area contributed by atoms with Crippen LogP contribution >= 0.6 is 0 Å². The lowest BCUT2D eigenvalue weighted by Gasteiger charge is -2.27.